The number of carbonyl (C=O) groups excluding carboxylic acids is 1. The number of aromatic nitrogens is 1. The Bertz CT molecular complexity index is 871. The van der Waals surface area contributed by atoms with Crippen molar-refractivity contribution in [2.45, 2.75) is 12.7 Å². The van der Waals surface area contributed by atoms with Gasteiger partial charge in [-0.3, -0.25) is 14.6 Å². The summed E-state index contributed by atoms with van der Waals surface area (Å²) in [6.07, 6.45) is -2.94. The molecular formula is C19H19Cl2F3N4O. The molecule has 1 aromatic carbocycles. The van der Waals surface area contributed by atoms with Gasteiger partial charge < -0.3 is 5.32 Å². The van der Waals surface area contributed by atoms with Crippen molar-refractivity contribution in [2.24, 2.45) is 0 Å². The third-order valence-electron chi connectivity index (χ3n) is 4.62. The van der Waals surface area contributed by atoms with Crippen LogP contribution in [0.3, 0.4) is 0 Å². The summed E-state index contributed by atoms with van der Waals surface area (Å²) in [6.45, 7) is 3.61. The molecule has 0 unspecified atom stereocenters. The average molecular weight is 447 g/mol. The Kier molecular flexibility index (Phi) is 7.00. The van der Waals surface area contributed by atoms with Crippen LogP contribution in [0.25, 0.3) is 0 Å². The van der Waals surface area contributed by atoms with Crippen molar-refractivity contribution in [3.05, 3.63) is 57.8 Å². The van der Waals surface area contributed by atoms with Gasteiger partial charge in [-0.15, -0.1) is 0 Å². The van der Waals surface area contributed by atoms with Crippen molar-refractivity contribution in [2.75, 3.05) is 38.0 Å². The van der Waals surface area contributed by atoms with Crippen LogP contribution in [0.4, 0.5) is 18.9 Å². The molecule has 29 heavy (non-hydrogen) atoms. The zero-order valence-corrected chi connectivity index (χ0v) is 16.9. The number of pyridine rings is 1. The molecule has 1 N–H and O–H groups in total. The minimum absolute atomic E-state index is 0.0663. The van der Waals surface area contributed by atoms with E-state index in [1.165, 1.54) is 6.07 Å². The average Bonchev–Trinajstić information content (AvgIpc) is 2.66. The van der Waals surface area contributed by atoms with Crippen molar-refractivity contribution in [1.82, 2.24) is 14.8 Å². The van der Waals surface area contributed by atoms with Crippen LogP contribution in [0.1, 0.15) is 11.1 Å². The van der Waals surface area contributed by atoms with Crippen molar-refractivity contribution in [3.8, 4) is 0 Å². The number of amides is 1. The molecule has 156 valence electrons. The second-order valence-corrected chi connectivity index (χ2v) is 7.51. The number of anilines is 1. The second-order valence-electron chi connectivity index (χ2n) is 6.75. The molecule has 1 amide bonds. The van der Waals surface area contributed by atoms with E-state index in [4.69, 9.17) is 23.2 Å². The first-order valence-electron chi connectivity index (χ1n) is 8.93. The number of hydrogen-bond donors (Lipinski definition) is 1. The van der Waals surface area contributed by atoms with Gasteiger partial charge >= 0.3 is 6.18 Å². The smallest absolute Gasteiger partial charge is 0.325 e. The van der Waals surface area contributed by atoms with E-state index >= 15 is 0 Å². The molecule has 0 bridgehead atoms. The fraction of sp³-hybridized carbons (Fsp3) is 0.368. The monoisotopic (exact) mass is 446 g/mol. The van der Waals surface area contributed by atoms with E-state index in [0.29, 0.717) is 24.8 Å². The van der Waals surface area contributed by atoms with Gasteiger partial charge in [-0.25, -0.2) is 4.98 Å². The third kappa shape index (κ3) is 6.05. The molecule has 0 atom stereocenters. The molecule has 3 rings (SSSR count). The third-order valence-corrected chi connectivity index (χ3v) is 5.29. The van der Waals surface area contributed by atoms with E-state index in [0.717, 1.165) is 30.8 Å². The highest BCUT2D eigenvalue weighted by Crippen LogP contribution is 2.36. The van der Waals surface area contributed by atoms with Gasteiger partial charge in [0.05, 0.1) is 17.1 Å². The van der Waals surface area contributed by atoms with Crippen molar-refractivity contribution in [1.29, 1.82) is 0 Å². The van der Waals surface area contributed by atoms with Gasteiger partial charge in [-0.2, -0.15) is 13.2 Å². The number of piperazine rings is 1. The van der Waals surface area contributed by atoms with Crippen LogP contribution in [-0.4, -0.2) is 53.4 Å². The fourth-order valence-electron chi connectivity index (χ4n) is 3.11. The van der Waals surface area contributed by atoms with Crippen LogP contribution in [0, 0.1) is 0 Å². The standard InChI is InChI=1S/C19H19Cl2F3N4O/c20-16-4-3-14(10-15(16)19(22,23)24)26-17(29)12-28-8-6-27(7-9-28)11-13-2-1-5-25-18(13)21/h1-5,10H,6-9,11-12H2,(H,26,29). The SMILES string of the molecule is O=C(CN1CCN(Cc2cccnc2Cl)CC1)Nc1ccc(Cl)c(C(F)(F)F)c1. The summed E-state index contributed by atoms with van der Waals surface area (Å²) in [7, 11) is 0. The van der Waals surface area contributed by atoms with Gasteiger partial charge in [-0.1, -0.05) is 29.3 Å². The minimum Gasteiger partial charge on any atom is -0.325 e. The molecule has 2 heterocycles. The molecule has 5 nitrogen and oxygen atoms in total. The Hall–Kier alpha value is -1.87. The summed E-state index contributed by atoms with van der Waals surface area (Å²) < 4.78 is 38.8. The van der Waals surface area contributed by atoms with Gasteiger partial charge in [0.25, 0.3) is 0 Å². The largest absolute Gasteiger partial charge is 0.417 e. The highest BCUT2D eigenvalue weighted by Gasteiger charge is 2.33. The number of rotatable bonds is 5. The van der Waals surface area contributed by atoms with Crippen molar-refractivity contribution < 1.29 is 18.0 Å². The highest BCUT2D eigenvalue weighted by molar-refractivity contribution is 6.31. The lowest BCUT2D eigenvalue weighted by molar-refractivity contribution is -0.137. The van der Waals surface area contributed by atoms with E-state index in [1.54, 1.807) is 6.20 Å². The lowest BCUT2D eigenvalue weighted by Crippen LogP contribution is -2.48. The molecule has 1 aliphatic rings. The number of nitrogens with zero attached hydrogens (tertiary/aromatic N) is 3. The normalized spacial score (nSPS) is 16.0. The van der Waals surface area contributed by atoms with Crippen molar-refractivity contribution >= 4 is 34.8 Å². The molecule has 0 spiro atoms. The summed E-state index contributed by atoms with van der Waals surface area (Å²) in [5.41, 5.74) is 0.0415. The summed E-state index contributed by atoms with van der Waals surface area (Å²) >= 11 is 11.7. The van der Waals surface area contributed by atoms with Gasteiger partial charge in [0.2, 0.25) is 5.91 Å². The number of benzene rings is 1. The van der Waals surface area contributed by atoms with Crippen LogP contribution in [-0.2, 0) is 17.5 Å². The molecule has 0 aliphatic carbocycles. The number of alkyl halides is 3. The highest BCUT2D eigenvalue weighted by atomic mass is 35.5. The van der Waals surface area contributed by atoms with Crippen LogP contribution in [0.15, 0.2) is 36.5 Å². The van der Waals surface area contributed by atoms with Gasteiger partial charge in [0, 0.05) is 50.2 Å². The summed E-state index contributed by atoms with van der Waals surface area (Å²) in [6, 6.07) is 7.09. The first kappa shape index (κ1) is 21.8. The quantitative estimate of drug-likeness (QED) is 0.700. The van der Waals surface area contributed by atoms with E-state index in [-0.39, 0.29) is 18.1 Å². The molecular weight excluding hydrogens is 428 g/mol. The number of hydrogen-bond acceptors (Lipinski definition) is 4. The molecule has 2 aromatic rings. The van der Waals surface area contributed by atoms with Gasteiger partial charge in [0.15, 0.2) is 0 Å². The lowest BCUT2D eigenvalue weighted by atomic mass is 10.2. The van der Waals surface area contributed by atoms with Crippen LogP contribution in [0.2, 0.25) is 10.2 Å². The second kappa shape index (κ2) is 9.30. The summed E-state index contributed by atoms with van der Waals surface area (Å²) in [5.74, 6) is -0.371. The lowest BCUT2D eigenvalue weighted by Gasteiger charge is -2.34. The summed E-state index contributed by atoms with van der Waals surface area (Å²) in [4.78, 5) is 20.5. The first-order valence-corrected chi connectivity index (χ1v) is 9.68. The molecule has 0 saturated carbocycles. The zero-order valence-electron chi connectivity index (χ0n) is 15.3. The predicted molar refractivity (Wildman–Crippen MR) is 106 cm³/mol. The minimum atomic E-state index is -4.58. The van der Waals surface area contributed by atoms with Gasteiger partial charge in [-0.05, 0) is 24.3 Å². The van der Waals surface area contributed by atoms with Crippen molar-refractivity contribution in [3.63, 3.8) is 0 Å². The Balaban J connectivity index is 1.49. The maximum atomic E-state index is 12.9. The van der Waals surface area contributed by atoms with Crippen LogP contribution >= 0.6 is 23.2 Å². The summed E-state index contributed by atoms with van der Waals surface area (Å²) in [5, 5.41) is 2.59. The molecule has 1 saturated heterocycles. The van der Waals surface area contributed by atoms with E-state index < -0.39 is 16.8 Å². The molecule has 1 fully saturated rings. The Morgan fingerprint density at radius 2 is 1.79 bits per heavy atom. The Labute approximate surface area is 176 Å². The number of halogens is 5. The Morgan fingerprint density at radius 1 is 1.10 bits per heavy atom. The molecule has 1 aromatic heterocycles. The molecule has 1 aliphatic heterocycles. The maximum absolute atomic E-state index is 12.9. The molecule has 0 radical (unpaired) electrons. The maximum Gasteiger partial charge on any atom is 0.417 e. The van der Waals surface area contributed by atoms with E-state index in [9.17, 15) is 18.0 Å². The van der Waals surface area contributed by atoms with Crippen LogP contribution < -0.4 is 5.32 Å². The van der Waals surface area contributed by atoms with E-state index in [2.05, 4.69) is 15.2 Å². The zero-order chi connectivity index (χ0) is 21.0. The number of nitrogens with one attached hydrogen (secondary N) is 1. The van der Waals surface area contributed by atoms with Crippen LogP contribution in [0.5, 0.6) is 0 Å². The number of carbonyl (C=O) groups is 1. The first-order chi connectivity index (χ1) is 13.7. The topological polar surface area (TPSA) is 48.5 Å². The predicted octanol–water partition coefficient (Wildman–Crippen LogP) is 4.16. The van der Waals surface area contributed by atoms with Gasteiger partial charge in [0.1, 0.15) is 5.15 Å². The van der Waals surface area contributed by atoms with E-state index in [1.807, 2.05) is 17.0 Å². The molecule has 10 heteroatoms. The Morgan fingerprint density at radius 3 is 2.45 bits per heavy atom. The fourth-order valence-corrected chi connectivity index (χ4v) is 3.51.